The first-order valence-electron chi connectivity index (χ1n) is 5.04. The Bertz CT molecular complexity index is 479. The van der Waals surface area contributed by atoms with Gasteiger partial charge in [-0.05, 0) is 17.9 Å². The number of fused-ring (bicyclic) bond motifs is 1. The summed E-state index contributed by atoms with van der Waals surface area (Å²) in [7, 11) is 0. The van der Waals surface area contributed by atoms with Crippen molar-refractivity contribution in [1.29, 1.82) is 0 Å². The molecule has 0 aliphatic rings. The number of nitrogen functional groups attached to an aromatic ring is 1. The topological polar surface area (TPSA) is 56.2 Å². The number of nitrogens with two attached hydrogens (primary N) is 1. The number of nitrogens with zero attached hydrogens (tertiary/aromatic N) is 3. The first-order chi connectivity index (χ1) is 6.97. The van der Waals surface area contributed by atoms with Crippen LogP contribution in [0, 0.1) is 5.41 Å². The van der Waals surface area contributed by atoms with Gasteiger partial charge in [-0.2, -0.15) is 9.61 Å². The van der Waals surface area contributed by atoms with Gasteiger partial charge in [0.15, 0.2) is 5.65 Å². The van der Waals surface area contributed by atoms with E-state index in [2.05, 4.69) is 30.9 Å². The lowest BCUT2D eigenvalue weighted by Gasteiger charge is -2.16. The van der Waals surface area contributed by atoms with E-state index in [9.17, 15) is 0 Å². The number of hydrogen-bond donors (Lipinski definition) is 1. The Hall–Kier alpha value is -1.58. The van der Waals surface area contributed by atoms with Crippen molar-refractivity contribution in [3.05, 3.63) is 24.0 Å². The van der Waals surface area contributed by atoms with E-state index in [0.29, 0.717) is 5.82 Å². The van der Waals surface area contributed by atoms with Crippen LogP contribution >= 0.6 is 0 Å². The van der Waals surface area contributed by atoms with E-state index < -0.39 is 0 Å². The first kappa shape index (κ1) is 9.96. The van der Waals surface area contributed by atoms with Crippen molar-refractivity contribution in [3.8, 4) is 0 Å². The van der Waals surface area contributed by atoms with E-state index in [4.69, 9.17) is 5.73 Å². The first-order valence-corrected chi connectivity index (χ1v) is 5.04. The van der Waals surface area contributed by atoms with E-state index in [-0.39, 0.29) is 5.41 Å². The van der Waals surface area contributed by atoms with Gasteiger partial charge in [-0.15, -0.1) is 0 Å². The Kier molecular flexibility index (Phi) is 2.14. The number of aromatic nitrogens is 3. The molecule has 2 N–H and O–H groups in total. The molecule has 2 aromatic heterocycles. The summed E-state index contributed by atoms with van der Waals surface area (Å²) in [5, 5.41) is 4.23. The summed E-state index contributed by atoms with van der Waals surface area (Å²) in [5.74, 6) is 0.625. The molecule has 0 unspecified atom stereocenters. The summed E-state index contributed by atoms with van der Waals surface area (Å²) >= 11 is 0. The molecule has 4 nitrogen and oxygen atoms in total. The molecule has 2 rings (SSSR count). The highest BCUT2D eigenvalue weighted by Gasteiger charge is 2.15. The normalized spacial score (nSPS) is 12.2. The van der Waals surface area contributed by atoms with Gasteiger partial charge in [0.2, 0.25) is 0 Å². The Labute approximate surface area is 89.1 Å². The summed E-state index contributed by atoms with van der Waals surface area (Å²) < 4.78 is 1.68. The van der Waals surface area contributed by atoms with Crippen LogP contribution in [-0.4, -0.2) is 14.6 Å². The van der Waals surface area contributed by atoms with Crippen LogP contribution in [0.15, 0.2) is 18.5 Å². The van der Waals surface area contributed by atoms with Gasteiger partial charge >= 0.3 is 0 Å². The molecule has 80 valence electrons. The molecule has 0 fully saturated rings. The molecular weight excluding hydrogens is 188 g/mol. The Morgan fingerprint density at radius 3 is 2.80 bits per heavy atom. The van der Waals surface area contributed by atoms with Crippen LogP contribution in [0.1, 0.15) is 26.3 Å². The molecule has 0 saturated carbocycles. The van der Waals surface area contributed by atoms with E-state index in [1.54, 1.807) is 16.8 Å². The molecule has 15 heavy (non-hydrogen) atoms. The second kappa shape index (κ2) is 3.22. The molecule has 2 heterocycles. The minimum absolute atomic E-state index is 0.232. The van der Waals surface area contributed by atoms with Crippen molar-refractivity contribution in [3.63, 3.8) is 0 Å². The van der Waals surface area contributed by atoms with E-state index >= 15 is 0 Å². The minimum atomic E-state index is 0.232. The molecule has 0 aromatic carbocycles. The summed E-state index contributed by atoms with van der Waals surface area (Å²) in [5.41, 5.74) is 8.04. The van der Waals surface area contributed by atoms with Crippen LogP contribution in [0.3, 0.4) is 0 Å². The zero-order chi connectivity index (χ0) is 11.1. The maximum absolute atomic E-state index is 5.79. The van der Waals surface area contributed by atoms with Crippen LogP contribution in [-0.2, 0) is 6.42 Å². The van der Waals surface area contributed by atoms with Gasteiger partial charge in [0.05, 0.1) is 6.20 Å². The Morgan fingerprint density at radius 2 is 2.13 bits per heavy atom. The van der Waals surface area contributed by atoms with Crippen molar-refractivity contribution < 1.29 is 0 Å². The number of anilines is 1. The standard InChI is InChI=1S/C11H16N4/c1-11(2,3)6-8-7-14-15-9(12)4-5-13-10(8)15/h4-5,7H,6,12H2,1-3H3. The van der Waals surface area contributed by atoms with E-state index in [1.165, 1.54) is 0 Å². The van der Waals surface area contributed by atoms with Crippen molar-refractivity contribution in [2.45, 2.75) is 27.2 Å². The third kappa shape index (κ3) is 1.93. The van der Waals surface area contributed by atoms with Crippen molar-refractivity contribution in [2.75, 3.05) is 5.73 Å². The molecule has 0 aliphatic heterocycles. The van der Waals surface area contributed by atoms with Gasteiger partial charge in [0.1, 0.15) is 5.82 Å². The molecule has 0 amide bonds. The fourth-order valence-electron chi connectivity index (χ4n) is 1.65. The maximum atomic E-state index is 5.79. The fraction of sp³-hybridized carbons (Fsp3) is 0.455. The predicted molar refractivity (Wildman–Crippen MR) is 60.6 cm³/mol. The number of rotatable bonds is 1. The highest BCUT2D eigenvalue weighted by Crippen LogP contribution is 2.23. The van der Waals surface area contributed by atoms with Gasteiger partial charge in [-0.25, -0.2) is 4.98 Å². The highest BCUT2D eigenvalue weighted by atomic mass is 15.3. The smallest absolute Gasteiger partial charge is 0.160 e. The van der Waals surface area contributed by atoms with Gasteiger partial charge < -0.3 is 5.73 Å². The summed E-state index contributed by atoms with van der Waals surface area (Å²) in [4.78, 5) is 4.31. The van der Waals surface area contributed by atoms with Crippen LogP contribution in [0.4, 0.5) is 5.82 Å². The second-order valence-electron chi connectivity index (χ2n) is 5.01. The van der Waals surface area contributed by atoms with Gasteiger partial charge in [0.25, 0.3) is 0 Å². The van der Waals surface area contributed by atoms with Crippen molar-refractivity contribution >= 4 is 11.5 Å². The second-order valence-corrected chi connectivity index (χ2v) is 5.01. The molecule has 4 heteroatoms. The van der Waals surface area contributed by atoms with Crippen LogP contribution in [0.5, 0.6) is 0 Å². The molecule has 0 radical (unpaired) electrons. The van der Waals surface area contributed by atoms with E-state index in [1.807, 2.05) is 6.20 Å². The quantitative estimate of drug-likeness (QED) is 0.771. The monoisotopic (exact) mass is 204 g/mol. The Balaban J connectivity index is 2.50. The van der Waals surface area contributed by atoms with Crippen molar-refractivity contribution in [2.24, 2.45) is 5.41 Å². The summed E-state index contributed by atoms with van der Waals surface area (Å²) in [6.07, 6.45) is 4.52. The summed E-state index contributed by atoms with van der Waals surface area (Å²) in [6, 6.07) is 1.75. The van der Waals surface area contributed by atoms with Gasteiger partial charge in [0, 0.05) is 11.8 Å². The van der Waals surface area contributed by atoms with Crippen LogP contribution in [0.2, 0.25) is 0 Å². The fourth-order valence-corrected chi connectivity index (χ4v) is 1.65. The third-order valence-corrected chi connectivity index (χ3v) is 2.22. The zero-order valence-electron chi connectivity index (χ0n) is 9.36. The molecule has 0 saturated heterocycles. The third-order valence-electron chi connectivity index (χ3n) is 2.22. The molecule has 0 aliphatic carbocycles. The molecule has 0 bridgehead atoms. The highest BCUT2D eigenvalue weighted by molar-refractivity contribution is 5.51. The zero-order valence-corrected chi connectivity index (χ0v) is 9.36. The molecule has 0 spiro atoms. The number of hydrogen-bond acceptors (Lipinski definition) is 3. The predicted octanol–water partition coefficient (Wildman–Crippen LogP) is 1.90. The van der Waals surface area contributed by atoms with Crippen molar-refractivity contribution in [1.82, 2.24) is 14.6 Å². The van der Waals surface area contributed by atoms with Crippen LogP contribution in [0.25, 0.3) is 5.65 Å². The SMILES string of the molecule is CC(C)(C)Cc1cnn2c(N)ccnc12. The molecule has 2 aromatic rings. The minimum Gasteiger partial charge on any atom is -0.384 e. The molecular formula is C11H16N4. The van der Waals surface area contributed by atoms with Gasteiger partial charge in [-0.3, -0.25) is 0 Å². The molecule has 0 atom stereocenters. The lowest BCUT2D eigenvalue weighted by Crippen LogP contribution is -2.09. The summed E-state index contributed by atoms with van der Waals surface area (Å²) in [6.45, 7) is 6.59. The average Bonchev–Trinajstić information content (AvgIpc) is 2.48. The maximum Gasteiger partial charge on any atom is 0.160 e. The van der Waals surface area contributed by atoms with E-state index in [0.717, 1.165) is 17.6 Å². The van der Waals surface area contributed by atoms with Gasteiger partial charge in [-0.1, -0.05) is 20.8 Å². The largest absolute Gasteiger partial charge is 0.384 e. The van der Waals surface area contributed by atoms with Crippen LogP contribution < -0.4 is 5.73 Å². The lowest BCUT2D eigenvalue weighted by molar-refractivity contribution is 0.412. The Morgan fingerprint density at radius 1 is 1.40 bits per heavy atom. The average molecular weight is 204 g/mol. The lowest BCUT2D eigenvalue weighted by atomic mass is 9.89.